The van der Waals surface area contributed by atoms with Gasteiger partial charge in [-0.3, -0.25) is 4.79 Å². The highest BCUT2D eigenvalue weighted by atomic mass is 16.4. The molecule has 1 aliphatic carbocycles. The molecule has 0 spiro atoms. The Labute approximate surface area is 88.2 Å². The van der Waals surface area contributed by atoms with Crippen LogP contribution in [0.25, 0.3) is 0 Å². The molecule has 2 aliphatic rings. The van der Waals surface area contributed by atoms with E-state index in [9.17, 15) is 9.59 Å². The van der Waals surface area contributed by atoms with Crippen LogP contribution in [-0.4, -0.2) is 35.1 Å². The highest BCUT2D eigenvalue weighted by Gasteiger charge is 2.46. The van der Waals surface area contributed by atoms with Gasteiger partial charge in [0.15, 0.2) is 0 Å². The molecular formula is C10H16N2O3. The smallest absolute Gasteiger partial charge is 0.329 e. The topological polar surface area (TPSA) is 78.4 Å². The maximum atomic E-state index is 11.7. The van der Waals surface area contributed by atoms with Crippen LogP contribution in [0.4, 0.5) is 0 Å². The minimum atomic E-state index is -0.971. The maximum Gasteiger partial charge on any atom is 0.329 e. The summed E-state index contributed by atoms with van der Waals surface area (Å²) in [5.74, 6) is -1.06. The van der Waals surface area contributed by atoms with E-state index in [1.807, 2.05) is 0 Å². The molecule has 2 rings (SSSR count). The second-order valence-corrected chi connectivity index (χ2v) is 4.38. The Kier molecular flexibility index (Phi) is 2.65. The molecule has 0 aromatic heterocycles. The van der Waals surface area contributed by atoms with Crippen LogP contribution in [-0.2, 0) is 9.59 Å². The van der Waals surface area contributed by atoms with Gasteiger partial charge >= 0.3 is 5.97 Å². The fraction of sp³-hybridized carbons (Fsp3) is 0.800. The van der Waals surface area contributed by atoms with Gasteiger partial charge in [0.1, 0.15) is 5.54 Å². The van der Waals surface area contributed by atoms with Gasteiger partial charge in [-0.15, -0.1) is 0 Å². The molecule has 1 heterocycles. The number of hydrogen-bond donors (Lipinski definition) is 3. The van der Waals surface area contributed by atoms with Gasteiger partial charge in [-0.2, -0.15) is 0 Å². The molecule has 1 saturated carbocycles. The van der Waals surface area contributed by atoms with Crippen molar-refractivity contribution in [2.45, 2.75) is 43.7 Å². The molecule has 15 heavy (non-hydrogen) atoms. The number of carboxylic acids is 1. The first-order valence-corrected chi connectivity index (χ1v) is 5.43. The van der Waals surface area contributed by atoms with Crippen LogP contribution in [0.2, 0.25) is 0 Å². The monoisotopic (exact) mass is 212 g/mol. The van der Waals surface area contributed by atoms with E-state index in [1.54, 1.807) is 0 Å². The second kappa shape index (κ2) is 3.81. The van der Waals surface area contributed by atoms with E-state index in [1.165, 1.54) is 0 Å². The van der Waals surface area contributed by atoms with Gasteiger partial charge in [-0.1, -0.05) is 0 Å². The average molecular weight is 212 g/mol. The van der Waals surface area contributed by atoms with Crippen molar-refractivity contribution >= 4 is 11.9 Å². The maximum absolute atomic E-state index is 11.7. The molecule has 0 aromatic carbocycles. The van der Waals surface area contributed by atoms with E-state index in [0.29, 0.717) is 12.8 Å². The van der Waals surface area contributed by atoms with Crippen molar-refractivity contribution in [2.24, 2.45) is 0 Å². The molecule has 1 atom stereocenters. The first-order chi connectivity index (χ1) is 7.14. The summed E-state index contributed by atoms with van der Waals surface area (Å²) < 4.78 is 0. The first kappa shape index (κ1) is 10.4. The van der Waals surface area contributed by atoms with Gasteiger partial charge in [0.2, 0.25) is 5.91 Å². The third kappa shape index (κ3) is 1.84. The second-order valence-electron chi connectivity index (χ2n) is 4.38. The summed E-state index contributed by atoms with van der Waals surface area (Å²) in [6.45, 7) is 0.845. The number of carbonyl (C=O) groups excluding carboxylic acids is 1. The van der Waals surface area contributed by atoms with Crippen LogP contribution in [0.1, 0.15) is 32.1 Å². The highest BCUT2D eigenvalue weighted by Crippen LogP contribution is 2.32. The largest absolute Gasteiger partial charge is 0.480 e. The summed E-state index contributed by atoms with van der Waals surface area (Å²) in [5, 5.41) is 14.8. The lowest BCUT2D eigenvalue weighted by Crippen LogP contribution is -2.61. The zero-order valence-corrected chi connectivity index (χ0v) is 8.58. The van der Waals surface area contributed by atoms with Crippen LogP contribution in [0.15, 0.2) is 0 Å². The van der Waals surface area contributed by atoms with E-state index in [4.69, 9.17) is 5.11 Å². The lowest BCUT2D eigenvalue weighted by molar-refractivity contribution is -0.152. The number of amides is 1. The molecule has 1 amide bonds. The third-order valence-electron chi connectivity index (χ3n) is 3.36. The average Bonchev–Trinajstić information content (AvgIpc) is 2.62. The zero-order valence-electron chi connectivity index (χ0n) is 8.58. The summed E-state index contributed by atoms with van der Waals surface area (Å²) in [7, 11) is 0. The molecule has 5 nitrogen and oxygen atoms in total. The molecular weight excluding hydrogens is 196 g/mol. The zero-order chi connectivity index (χ0) is 10.9. The summed E-state index contributed by atoms with van der Waals surface area (Å²) >= 11 is 0. The van der Waals surface area contributed by atoms with E-state index in [2.05, 4.69) is 10.6 Å². The Bertz CT molecular complexity index is 280. The van der Waals surface area contributed by atoms with Gasteiger partial charge in [-0.25, -0.2) is 4.79 Å². The van der Waals surface area contributed by atoms with Gasteiger partial charge < -0.3 is 15.7 Å². The molecule has 5 heteroatoms. The third-order valence-corrected chi connectivity index (χ3v) is 3.36. The minimum Gasteiger partial charge on any atom is -0.480 e. The predicted octanol–water partition coefficient (Wildman–Crippen LogP) is -0.138. The summed E-state index contributed by atoms with van der Waals surface area (Å²) in [6, 6.07) is -0.193. The molecule has 3 N–H and O–H groups in total. The van der Waals surface area contributed by atoms with E-state index in [-0.39, 0.29) is 11.9 Å². The lowest BCUT2D eigenvalue weighted by Gasteiger charge is -2.38. The Hall–Kier alpha value is -1.10. The Morgan fingerprint density at radius 1 is 1.33 bits per heavy atom. The van der Waals surface area contributed by atoms with Crippen LogP contribution in [0.5, 0.6) is 0 Å². The Morgan fingerprint density at radius 3 is 2.47 bits per heavy atom. The lowest BCUT2D eigenvalue weighted by atomic mass is 9.76. The number of rotatable bonds is 3. The van der Waals surface area contributed by atoms with Crippen molar-refractivity contribution in [2.75, 3.05) is 6.54 Å². The molecule has 0 aromatic rings. The molecule has 1 aliphatic heterocycles. The standard InChI is InChI=1S/C10H16N2O3/c13-8(7-3-1-6-11-7)12-10(9(14)15)4-2-5-10/h7,11H,1-6H2,(H,12,13)(H,14,15)/t7-/m0/s1. The van der Waals surface area contributed by atoms with Crippen molar-refractivity contribution < 1.29 is 14.7 Å². The molecule has 1 saturated heterocycles. The van der Waals surface area contributed by atoms with Crippen LogP contribution < -0.4 is 10.6 Å². The highest BCUT2D eigenvalue weighted by molar-refractivity contribution is 5.90. The fourth-order valence-corrected chi connectivity index (χ4v) is 2.15. The summed E-state index contributed by atoms with van der Waals surface area (Å²) in [6.07, 6.45) is 3.78. The van der Waals surface area contributed by atoms with Crippen LogP contribution in [0, 0.1) is 0 Å². The van der Waals surface area contributed by atoms with Gasteiger partial charge in [-0.05, 0) is 38.6 Å². The van der Waals surface area contributed by atoms with E-state index >= 15 is 0 Å². The molecule has 2 fully saturated rings. The van der Waals surface area contributed by atoms with Gasteiger partial charge in [0, 0.05) is 0 Å². The molecule has 0 unspecified atom stereocenters. The number of carboxylic acid groups (broad SMARTS) is 1. The van der Waals surface area contributed by atoms with E-state index in [0.717, 1.165) is 25.8 Å². The first-order valence-electron chi connectivity index (χ1n) is 5.43. The molecule has 0 bridgehead atoms. The molecule has 84 valence electrons. The van der Waals surface area contributed by atoms with Crippen molar-refractivity contribution in [3.63, 3.8) is 0 Å². The number of hydrogen-bond acceptors (Lipinski definition) is 3. The molecule has 0 radical (unpaired) electrons. The van der Waals surface area contributed by atoms with Gasteiger partial charge in [0.05, 0.1) is 6.04 Å². The van der Waals surface area contributed by atoms with Crippen molar-refractivity contribution in [1.82, 2.24) is 10.6 Å². The van der Waals surface area contributed by atoms with E-state index < -0.39 is 11.5 Å². The number of carbonyl (C=O) groups is 2. The quantitative estimate of drug-likeness (QED) is 0.608. The fourth-order valence-electron chi connectivity index (χ4n) is 2.15. The minimum absolute atomic E-state index is 0.158. The number of nitrogens with one attached hydrogen (secondary N) is 2. The van der Waals surface area contributed by atoms with Crippen LogP contribution >= 0.6 is 0 Å². The Morgan fingerprint density at radius 2 is 2.07 bits per heavy atom. The van der Waals surface area contributed by atoms with Crippen molar-refractivity contribution in [1.29, 1.82) is 0 Å². The Balaban J connectivity index is 1.94. The SMILES string of the molecule is O=C(NC1(C(=O)O)CCC1)[C@@H]1CCCN1. The van der Waals surface area contributed by atoms with Crippen LogP contribution in [0.3, 0.4) is 0 Å². The van der Waals surface area contributed by atoms with Crippen molar-refractivity contribution in [3.8, 4) is 0 Å². The summed E-state index contributed by atoms with van der Waals surface area (Å²) in [5.41, 5.74) is -0.971. The van der Waals surface area contributed by atoms with Gasteiger partial charge in [0.25, 0.3) is 0 Å². The number of aliphatic carboxylic acids is 1. The normalized spacial score (nSPS) is 28.1. The summed E-state index contributed by atoms with van der Waals surface area (Å²) in [4.78, 5) is 22.7. The predicted molar refractivity (Wildman–Crippen MR) is 53.4 cm³/mol. The van der Waals surface area contributed by atoms with Crippen molar-refractivity contribution in [3.05, 3.63) is 0 Å².